The van der Waals surface area contributed by atoms with Gasteiger partial charge in [-0.25, -0.2) is 0 Å². The fourth-order valence-electron chi connectivity index (χ4n) is 1.99. The van der Waals surface area contributed by atoms with Crippen LogP contribution in [0.15, 0.2) is 24.3 Å². The van der Waals surface area contributed by atoms with E-state index in [0.717, 1.165) is 26.1 Å². The molecule has 0 amide bonds. The Kier molecular flexibility index (Phi) is 3.58. The molecule has 17 heavy (non-hydrogen) atoms. The molecule has 1 aromatic carbocycles. The second-order valence-electron chi connectivity index (χ2n) is 4.37. The molecule has 2 rings (SSSR count). The van der Waals surface area contributed by atoms with Crippen LogP contribution in [0.3, 0.4) is 0 Å². The van der Waals surface area contributed by atoms with Crippen LogP contribution in [0.25, 0.3) is 0 Å². The Morgan fingerprint density at radius 2 is 1.88 bits per heavy atom. The minimum atomic E-state index is -0.572. The second kappa shape index (κ2) is 4.82. The third-order valence-electron chi connectivity index (χ3n) is 3.29. The minimum Gasteiger partial charge on any atom is -0.382 e. The van der Waals surface area contributed by atoms with Crippen molar-refractivity contribution in [3.8, 4) is 0 Å². The van der Waals surface area contributed by atoms with Crippen LogP contribution < -0.4 is 0 Å². The fourth-order valence-corrected chi connectivity index (χ4v) is 2.56. The molecule has 0 spiro atoms. The summed E-state index contributed by atoms with van der Waals surface area (Å²) in [6.07, 6.45) is -0.572. The smallest absolute Gasteiger partial charge is 0.119 e. The summed E-state index contributed by atoms with van der Waals surface area (Å²) in [5.41, 5.74) is 5.34. The maximum Gasteiger partial charge on any atom is 0.119 e. The van der Waals surface area contributed by atoms with Gasteiger partial charge in [0.2, 0.25) is 0 Å². The molecule has 2 aromatic rings. The Morgan fingerprint density at radius 1 is 1.18 bits per heavy atom. The van der Waals surface area contributed by atoms with E-state index in [1.807, 2.05) is 38.1 Å². The highest BCUT2D eigenvalue weighted by Crippen LogP contribution is 2.27. The van der Waals surface area contributed by atoms with Crippen molar-refractivity contribution in [1.82, 2.24) is 4.98 Å². The van der Waals surface area contributed by atoms with E-state index in [-0.39, 0.29) is 0 Å². The molecule has 90 valence electrons. The minimum absolute atomic E-state index is 0.572. The number of hydrogen-bond acceptors (Lipinski definition) is 1. The quantitative estimate of drug-likeness (QED) is 0.804. The molecule has 1 heterocycles. The van der Waals surface area contributed by atoms with E-state index in [2.05, 4.69) is 34.5 Å². The number of aromatic amines is 1. The van der Waals surface area contributed by atoms with Crippen LogP contribution in [-0.4, -0.2) is 10.1 Å². The summed E-state index contributed by atoms with van der Waals surface area (Å²) in [5.74, 6) is 0. The summed E-state index contributed by atoms with van der Waals surface area (Å²) in [6.45, 7) is 6.16. The maximum atomic E-state index is 10.4. The standard InChI is InChI=1S/C14H16INO/c1-8-9(2)13(16-10(8)3)14(17)11-5-4-6-12(15)7-11/h4-7,14,16-17H,1-3H3. The van der Waals surface area contributed by atoms with E-state index in [0.29, 0.717) is 0 Å². The lowest BCUT2D eigenvalue weighted by Crippen LogP contribution is -2.02. The molecule has 3 heteroatoms. The summed E-state index contributed by atoms with van der Waals surface area (Å²) >= 11 is 2.26. The highest BCUT2D eigenvalue weighted by Gasteiger charge is 2.17. The van der Waals surface area contributed by atoms with Gasteiger partial charge in [0.15, 0.2) is 0 Å². The number of nitrogens with one attached hydrogen (secondary N) is 1. The molecule has 0 saturated carbocycles. The fraction of sp³-hybridized carbons (Fsp3) is 0.286. The highest BCUT2D eigenvalue weighted by molar-refractivity contribution is 14.1. The van der Waals surface area contributed by atoms with Gasteiger partial charge >= 0.3 is 0 Å². The first kappa shape index (κ1) is 12.6. The number of aromatic nitrogens is 1. The zero-order valence-electron chi connectivity index (χ0n) is 10.2. The number of halogens is 1. The Morgan fingerprint density at radius 3 is 2.41 bits per heavy atom. The predicted molar refractivity (Wildman–Crippen MR) is 78.2 cm³/mol. The molecule has 2 nitrogen and oxygen atoms in total. The van der Waals surface area contributed by atoms with Crippen molar-refractivity contribution in [3.05, 3.63) is 55.9 Å². The number of aryl methyl sites for hydroxylation is 1. The van der Waals surface area contributed by atoms with Crippen molar-refractivity contribution in [2.75, 3.05) is 0 Å². The third-order valence-corrected chi connectivity index (χ3v) is 3.96. The molecule has 2 N–H and O–H groups in total. The van der Waals surface area contributed by atoms with Gasteiger partial charge in [0.25, 0.3) is 0 Å². The van der Waals surface area contributed by atoms with E-state index in [1.165, 1.54) is 5.56 Å². The average Bonchev–Trinajstić information content (AvgIpc) is 2.56. The summed E-state index contributed by atoms with van der Waals surface area (Å²) < 4.78 is 1.14. The summed E-state index contributed by atoms with van der Waals surface area (Å²) in [6, 6.07) is 7.96. The number of H-pyrrole nitrogens is 1. The van der Waals surface area contributed by atoms with Crippen molar-refractivity contribution >= 4 is 22.6 Å². The van der Waals surface area contributed by atoms with Gasteiger partial charge in [0, 0.05) is 9.26 Å². The normalized spacial score (nSPS) is 12.8. The first-order valence-electron chi connectivity index (χ1n) is 5.60. The van der Waals surface area contributed by atoms with Crippen LogP contribution in [0, 0.1) is 24.3 Å². The van der Waals surface area contributed by atoms with E-state index in [1.54, 1.807) is 0 Å². The molecule has 1 aromatic heterocycles. The monoisotopic (exact) mass is 341 g/mol. The topological polar surface area (TPSA) is 36.0 Å². The van der Waals surface area contributed by atoms with Gasteiger partial charge in [0.1, 0.15) is 6.10 Å². The highest BCUT2D eigenvalue weighted by atomic mass is 127. The molecule has 0 aliphatic carbocycles. The van der Waals surface area contributed by atoms with Gasteiger partial charge < -0.3 is 10.1 Å². The molecule has 0 radical (unpaired) electrons. The lowest BCUT2D eigenvalue weighted by atomic mass is 10.0. The summed E-state index contributed by atoms with van der Waals surface area (Å²) in [7, 11) is 0. The number of aliphatic hydroxyl groups excluding tert-OH is 1. The number of aliphatic hydroxyl groups is 1. The van der Waals surface area contributed by atoms with Gasteiger partial charge in [0.05, 0.1) is 5.69 Å². The zero-order chi connectivity index (χ0) is 12.6. The molecule has 0 saturated heterocycles. The Labute approximate surface area is 115 Å². The number of rotatable bonds is 2. The number of hydrogen-bond donors (Lipinski definition) is 2. The average molecular weight is 341 g/mol. The van der Waals surface area contributed by atoms with Crippen LogP contribution >= 0.6 is 22.6 Å². The predicted octanol–water partition coefficient (Wildman–Crippen LogP) is 3.63. The van der Waals surface area contributed by atoms with Gasteiger partial charge in [-0.15, -0.1) is 0 Å². The van der Waals surface area contributed by atoms with Crippen molar-refractivity contribution in [2.45, 2.75) is 26.9 Å². The lowest BCUT2D eigenvalue weighted by molar-refractivity contribution is 0.215. The Hall–Kier alpha value is -0.810. The van der Waals surface area contributed by atoms with Crippen LogP contribution in [0.5, 0.6) is 0 Å². The Balaban J connectivity index is 2.43. The van der Waals surface area contributed by atoms with Crippen molar-refractivity contribution in [3.63, 3.8) is 0 Å². The van der Waals surface area contributed by atoms with Crippen molar-refractivity contribution in [1.29, 1.82) is 0 Å². The Bertz CT molecular complexity index is 545. The van der Waals surface area contributed by atoms with Gasteiger partial charge in [-0.05, 0) is 72.2 Å². The first-order chi connectivity index (χ1) is 8.00. The molecule has 1 atom stereocenters. The third kappa shape index (κ3) is 2.40. The van der Waals surface area contributed by atoms with Crippen molar-refractivity contribution in [2.24, 2.45) is 0 Å². The molecule has 0 bridgehead atoms. The van der Waals surface area contributed by atoms with Crippen LogP contribution in [-0.2, 0) is 0 Å². The SMILES string of the molecule is Cc1[nH]c(C(O)c2cccc(I)c2)c(C)c1C. The second-order valence-corrected chi connectivity index (χ2v) is 5.62. The van der Waals surface area contributed by atoms with Gasteiger partial charge in [-0.2, -0.15) is 0 Å². The van der Waals surface area contributed by atoms with Crippen LogP contribution in [0.4, 0.5) is 0 Å². The van der Waals surface area contributed by atoms with Crippen molar-refractivity contribution < 1.29 is 5.11 Å². The van der Waals surface area contributed by atoms with E-state index in [9.17, 15) is 5.11 Å². The summed E-state index contributed by atoms with van der Waals surface area (Å²) in [4.78, 5) is 3.28. The van der Waals surface area contributed by atoms with Crippen LogP contribution in [0.2, 0.25) is 0 Å². The molecule has 0 aliphatic heterocycles. The van der Waals surface area contributed by atoms with Gasteiger partial charge in [-0.1, -0.05) is 12.1 Å². The molecule has 1 unspecified atom stereocenters. The van der Waals surface area contributed by atoms with E-state index in [4.69, 9.17) is 0 Å². The largest absolute Gasteiger partial charge is 0.382 e. The zero-order valence-corrected chi connectivity index (χ0v) is 12.4. The molecule has 0 fully saturated rings. The van der Waals surface area contributed by atoms with E-state index >= 15 is 0 Å². The van der Waals surface area contributed by atoms with Crippen LogP contribution in [0.1, 0.15) is 34.2 Å². The summed E-state index contributed by atoms with van der Waals surface area (Å²) in [5, 5.41) is 10.4. The molecular weight excluding hydrogens is 325 g/mol. The molecular formula is C14H16INO. The lowest BCUT2D eigenvalue weighted by Gasteiger charge is -2.11. The maximum absolute atomic E-state index is 10.4. The molecule has 0 aliphatic rings. The van der Waals surface area contributed by atoms with Gasteiger partial charge in [-0.3, -0.25) is 0 Å². The number of benzene rings is 1. The van der Waals surface area contributed by atoms with E-state index < -0.39 is 6.10 Å². The first-order valence-corrected chi connectivity index (χ1v) is 6.67.